The molecule has 0 radical (unpaired) electrons. The zero-order valence-corrected chi connectivity index (χ0v) is 28.4. The minimum Gasteiger partial charge on any atom is -0.505 e. The van der Waals surface area contributed by atoms with E-state index in [1.165, 1.54) is 6.07 Å². The van der Waals surface area contributed by atoms with Crippen LogP contribution in [-0.2, 0) is 19.2 Å². The molecule has 0 aliphatic carbocycles. The summed E-state index contributed by atoms with van der Waals surface area (Å²) in [6, 6.07) is -0.531. The molecule has 1 aromatic carbocycles. The van der Waals surface area contributed by atoms with Crippen LogP contribution in [0.25, 0.3) is 0 Å². The van der Waals surface area contributed by atoms with Gasteiger partial charge in [0.05, 0.1) is 18.6 Å². The molecule has 7 N–H and O–H groups in total. The molecule has 1 rings (SSSR count). The Kier molecular flexibility index (Phi) is 19.5. The minimum absolute atomic E-state index is 0. The molecule has 0 saturated carbocycles. The van der Waals surface area contributed by atoms with Crippen LogP contribution < -0.4 is 26.6 Å². The van der Waals surface area contributed by atoms with Gasteiger partial charge in [0.2, 0.25) is 23.6 Å². The lowest BCUT2D eigenvalue weighted by atomic mass is 9.95. The van der Waals surface area contributed by atoms with Crippen molar-refractivity contribution in [2.75, 3.05) is 6.54 Å². The van der Waals surface area contributed by atoms with Crippen molar-refractivity contribution in [2.45, 2.75) is 125 Å². The maximum Gasteiger partial charge on any atom is 0.252 e. The summed E-state index contributed by atoms with van der Waals surface area (Å²) in [5, 5.41) is 34.0. The third kappa shape index (κ3) is 14.3. The number of carbonyl (C=O) groups is 5. The summed E-state index contributed by atoms with van der Waals surface area (Å²) in [5.74, 6) is -4.85. The van der Waals surface area contributed by atoms with Gasteiger partial charge >= 0.3 is 0 Å². The second kappa shape index (κ2) is 21.2. The van der Waals surface area contributed by atoms with Crippen LogP contribution in [0.2, 0.25) is 0 Å². The lowest BCUT2D eigenvalue weighted by Crippen LogP contribution is -2.58. The first-order valence-corrected chi connectivity index (χ1v) is 16.2. The van der Waals surface area contributed by atoms with Crippen LogP contribution in [0.15, 0.2) is 18.2 Å². The first kappa shape index (κ1) is 43.3. The minimum atomic E-state index is -1.27. The maximum atomic E-state index is 13.9. The molecule has 47 heavy (non-hydrogen) atoms. The summed E-state index contributed by atoms with van der Waals surface area (Å²) in [6.45, 7) is 15.0. The SMILES string of the molecule is C.CCC[C@H](NC(=O)[C@@H](NC(=O)c1ccc(O)c(F)c1)[C@@H](C)CC)C(=O)N[C@@H](CC(C)C)[C@@H](O)CC(=O)N[C@H](C(=O)NCC)C(C)C. The van der Waals surface area contributed by atoms with E-state index in [0.717, 1.165) is 12.1 Å². The summed E-state index contributed by atoms with van der Waals surface area (Å²) in [6.07, 6.45) is 0.00728. The third-order valence-electron chi connectivity index (χ3n) is 7.73. The molecule has 0 spiro atoms. The highest BCUT2D eigenvalue weighted by atomic mass is 19.1. The topological polar surface area (TPSA) is 186 Å². The van der Waals surface area contributed by atoms with Gasteiger partial charge in [-0.05, 0) is 55.7 Å². The van der Waals surface area contributed by atoms with Gasteiger partial charge in [-0.1, -0.05) is 68.7 Å². The highest BCUT2D eigenvalue weighted by Gasteiger charge is 2.33. The number of aromatic hydroxyl groups is 1. The number of hydrogen-bond acceptors (Lipinski definition) is 7. The number of halogens is 1. The molecular formula is C34H58FN5O7. The van der Waals surface area contributed by atoms with Crippen LogP contribution in [0.1, 0.15) is 105 Å². The molecule has 268 valence electrons. The van der Waals surface area contributed by atoms with Crippen molar-refractivity contribution in [2.24, 2.45) is 17.8 Å². The summed E-state index contributed by atoms with van der Waals surface area (Å²) in [7, 11) is 0. The van der Waals surface area contributed by atoms with Crippen LogP contribution >= 0.6 is 0 Å². The smallest absolute Gasteiger partial charge is 0.252 e. The van der Waals surface area contributed by atoms with E-state index >= 15 is 0 Å². The molecule has 0 aliphatic rings. The number of benzene rings is 1. The van der Waals surface area contributed by atoms with E-state index in [0.29, 0.717) is 25.8 Å². The molecule has 0 heterocycles. The number of aliphatic hydroxyl groups is 1. The summed E-state index contributed by atoms with van der Waals surface area (Å²) in [4.78, 5) is 65.1. The molecule has 0 unspecified atom stereocenters. The average Bonchev–Trinajstić information content (AvgIpc) is 2.98. The molecule has 6 atom stereocenters. The third-order valence-corrected chi connectivity index (χ3v) is 7.73. The molecule has 0 aliphatic heterocycles. The largest absolute Gasteiger partial charge is 0.505 e. The number of rotatable bonds is 19. The number of likely N-dealkylation sites (N-methyl/N-ethyl adjacent to an activating group) is 1. The van der Waals surface area contributed by atoms with E-state index in [1.807, 2.05) is 27.7 Å². The molecule has 0 fully saturated rings. The number of carbonyl (C=O) groups excluding carboxylic acids is 5. The Morgan fingerprint density at radius 2 is 1.49 bits per heavy atom. The first-order valence-electron chi connectivity index (χ1n) is 16.2. The van der Waals surface area contributed by atoms with Crippen LogP contribution in [0.4, 0.5) is 4.39 Å². The Labute approximate surface area is 279 Å². The monoisotopic (exact) mass is 667 g/mol. The van der Waals surface area contributed by atoms with Crippen LogP contribution in [0, 0.1) is 23.6 Å². The quantitative estimate of drug-likeness (QED) is 0.118. The Balaban J connectivity index is 0.0000212. The van der Waals surface area contributed by atoms with Gasteiger partial charge in [0.25, 0.3) is 5.91 Å². The molecular weight excluding hydrogens is 609 g/mol. The highest BCUT2D eigenvalue weighted by molar-refractivity contribution is 5.98. The predicted octanol–water partition coefficient (Wildman–Crippen LogP) is 3.16. The second-order valence-corrected chi connectivity index (χ2v) is 12.6. The van der Waals surface area contributed by atoms with E-state index in [2.05, 4.69) is 26.6 Å². The van der Waals surface area contributed by atoms with Crippen LogP contribution in [0.5, 0.6) is 5.75 Å². The molecule has 13 heteroatoms. The van der Waals surface area contributed by atoms with Crippen molar-refractivity contribution in [1.82, 2.24) is 26.6 Å². The van der Waals surface area contributed by atoms with Gasteiger partial charge in [0.1, 0.15) is 18.1 Å². The Morgan fingerprint density at radius 1 is 0.851 bits per heavy atom. The zero-order valence-electron chi connectivity index (χ0n) is 28.4. The van der Waals surface area contributed by atoms with Gasteiger partial charge in [-0.25, -0.2) is 4.39 Å². The van der Waals surface area contributed by atoms with E-state index < -0.39 is 65.5 Å². The van der Waals surface area contributed by atoms with Crippen molar-refractivity contribution >= 4 is 29.5 Å². The molecule has 1 aromatic rings. The Bertz CT molecular complexity index is 1180. The average molecular weight is 668 g/mol. The number of hydrogen-bond donors (Lipinski definition) is 7. The highest BCUT2D eigenvalue weighted by Crippen LogP contribution is 2.18. The Morgan fingerprint density at radius 3 is 2.00 bits per heavy atom. The molecule has 0 bridgehead atoms. The number of nitrogens with one attached hydrogen (secondary N) is 5. The fourth-order valence-corrected chi connectivity index (χ4v) is 4.88. The number of phenolic OH excluding ortho intramolecular Hbond substituents is 1. The number of phenols is 1. The van der Waals surface area contributed by atoms with Crippen LogP contribution in [-0.4, -0.2) is 76.6 Å². The summed E-state index contributed by atoms with van der Waals surface area (Å²) >= 11 is 0. The lowest BCUT2D eigenvalue weighted by Gasteiger charge is -2.30. The fourth-order valence-electron chi connectivity index (χ4n) is 4.88. The van der Waals surface area contributed by atoms with Crippen molar-refractivity contribution in [3.63, 3.8) is 0 Å². The summed E-state index contributed by atoms with van der Waals surface area (Å²) < 4.78 is 13.9. The van der Waals surface area contributed by atoms with Gasteiger partial charge in [0, 0.05) is 12.1 Å². The normalized spacial score (nSPS) is 14.9. The van der Waals surface area contributed by atoms with Gasteiger partial charge in [0.15, 0.2) is 11.6 Å². The second-order valence-electron chi connectivity index (χ2n) is 12.6. The number of aliphatic hydroxyl groups excluding tert-OH is 1. The molecule has 5 amide bonds. The van der Waals surface area contributed by atoms with E-state index in [-0.39, 0.29) is 49.5 Å². The van der Waals surface area contributed by atoms with Crippen molar-refractivity contribution in [1.29, 1.82) is 0 Å². The zero-order chi connectivity index (χ0) is 35.1. The van der Waals surface area contributed by atoms with Crippen molar-refractivity contribution < 1.29 is 38.6 Å². The standard InChI is InChI=1S/C33H54FN5O7.CH4/c1-9-12-23(36-33(46)29(20(8)10-2)39-30(43)21-13-14-25(40)22(34)16-21)31(44)37-24(15-18(4)5)26(41)17-27(42)38-28(19(6)7)32(45)35-11-3;/h13-14,16,18-20,23-24,26,28-29,40-41H,9-12,15,17H2,1-8H3,(H,35,45)(H,36,46)(H,37,44)(H,38,42)(H,39,43);1H4/t20-,23-,24-,26-,28-,29-;/m0./s1. The van der Waals surface area contributed by atoms with Gasteiger partial charge < -0.3 is 36.8 Å². The predicted molar refractivity (Wildman–Crippen MR) is 180 cm³/mol. The van der Waals surface area contributed by atoms with Crippen LogP contribution in [0.3, 0.4) is 0 Å². The molecule has 0 aromatic heterocycles. The van der Waals surface area contributed by atoms with Gasteiger partial charge in [-0.2, -0.15) is 0 Å². The van der Waals surface area contributed by atoms with Crippen molar-refractivity contribution in [3.8, 4) is 5.75 Å². The van der Waals surface area contributed by atoms with E-state index in [9.17, 15) is 38.6 Å². The molecule has 12 nitrogen and oxygen atoms in total. The van der Waals surface area contributed by atoms with Gasteiger partial charge in [-0.3, -0.25) is 24.0 Å². The fraction of sp³-hybridized carbons (Fsp3) is 0.676. The Hall–Kier alpha value is -3.74. The van der Waals surface area contributed by atoms with E-state index in [1.54, 1.807) is 27.7 Å². The number of amides is 5. The maximum absolute atomic E-state index is 13.9. The summed E-state index contributed by atoms with van der Waals surface area (Å²) in [5.41, 5.74) is -0.0838. The molecule has 0 saturated heterocycles. The van der Waals surface area contributed by atoms with Crippen molar-refractivity contribution in [3.05, 3.63) is 29.6 Å². The first-order chi connectivity index (χ1) is 21.6. The van der Waals surface area contributed by atoms with Gasteiger partial charge in [-0.15, -0.1) is 0 Å². The van der Waals surface area contributed by atoms with E-state index in [4.69, 9.17) is 0 Å². The lowest BCUT2D eigenvalue weighted by molar-refractivity contribution is -0.133.